The Morgan fingerprint density at radius 3 is 2.70 bits per heavy atom. The van der Waals surface area contributed by atoms with E-state index in [9.17, 15) is 4.79 Å². The summed E-state index contributed by atoms with van der Waals surface area (Å²) in [6, 6.07) is 15.8. The number of nitrogens with one attached hydrogen (secondary N) is 2. The lowest BCUT2D eigenvalue weighted by Crippen LogP contribution is -2.27. The Morgan fingerprint density at radius 2 is 1.91 bits per heavy atom. The van der Waals surface area contributed by atoms with Crippen molar-refractivity contribution in [3.8, 4) is 5.75 Å². The number of methoxy groups -OCH3 is 1. The van der Waals surface area contributed by atoms with Crippen LogP contribution in [0.1, 0.15) is 11.1 Å². The van der Waals surface area contributed by atoms with Crippen LogP contribution in [0.4, 0.5) is 0 Å². The number of ether oxygens (including phenoxy) is 1. The second-order valence-electron chi connectivity index (χ2n) is 5.48. The van der Waals surface area contributed by atoms with Gasteiger partial charge in [-0.25, -0.2) is 0 Å². The number of benzene rings is 2. The summed E-state index contributed by atoms with van der Waals surface area (Å²) in [6.45, 7) is 0.636. The molecule has 0 radical (unpaired) electrons. The van der Waals surface area contributed by atoms with Crippen LogP contribution in [0.15, 0.2) is 54.7 Å². The lowest BCUT2D eigenvalue weighted by molar-refractivity contribution is -0.120. The third-order valence-electron chi connectivity index (χ3n) is 3.92. The molecule has 4 heteroatoms. The van der Waals surface area contributed by atoms with Crippen LogP contribution in [0.3, 0.4) is 0 Å². The highest BCUT2D eigenvalue weighted by Crippen LogP contribution is 2.17. The number of aromatic amines is 1. The molecule has 0 atom stereocenters. The minimum absolute atomic E-state index is 0.0370. The number of carbonyl (C=O) groups excluding carboxylic acids is 1. The summed E-state index contributed by atoms with van der Waals surface area (Å²) in [5.41, 5.74) is 3.34. The van der Waals surface area contributed by atoms with E-state index in [1.807, 2.05) is 42.6 Å². The van der Waals surface area contributed by atoms with Gasteiger partial charge in [-0.2, -0.15) is 0 Å². The van der Waals surface area contributed by atoms with Crippen LogP contribution in [-0.4, -0.2) is 24.5 Å². The molecule has 2 aromatic carbocycles. The SMILES string of the molecule is COc1ccc(CC(=O)NCCc2c[nH]c3ccccc23)cc1. The zero-order valence-corrected chi connectivity index (χ0v) is 13.1. The molecule has 0 fully saturated rings. The van der Waals surface area contributed by atoms with Crippen LogP contribution < -0.4 is 10.1 Å². The number of carbonyl (C=O) groups is 1. The molecule has 23 heavy (non-hydrogen) atoms. The molecule has 0 unspecified atom stereocenters. The van der Waals surface area contributed by atoms with Crippen molar-refractivity contribution in [1.29, 1.82) is 0 Å². The minimum atomic E-state index is 0.0370. The number of rotatable bonds is 6. The first-order valence-electron chi connectivity index (χ1n) is 7.71. The quantitative estimate of drug-likeness (QED) is 0.735. The van der Waals surface area contributed by atoms with E-state index in [-0.39, 0.29) is 5.91 Å². The van der Waals surface area contributed by atoms with Gasteiger partial charge in [0.1, 0.15) is 5.75 Å². The van der Waals surface area contributed by atoms with Gasteiger partial charge in [-0.05, 0) is 35.7 Å². The molecule has 0 aliphatic carbocycles. The molecule has 2 N–H and O–H groups in total. The van der Waals surface area contributed by atoms with Gasteiger partial charge >= 0.3 is 0 Å². The summed E-state index contributed by atoms with van der Waals surface area (Å²) < 4.78 is 5.11. The van der Waals surface area contributed by atoms with Gasteiger partial charge in [0.25, 0.3) is 0 Å². The molecule has 3 aromatic rings. The Labute approximate surface area is 135 Å². The monoisotopic (exact) mass is 308 g/mol. The van der Waals surface area contributed by atoms with Gasteiger partial charge in [-0.1, -0.05) is 30.3 Å². The fourth-order valence-electron chi connectivity index (χ4n) is 2.67. The maximum atomic E-state index is 12.0. The molecule has 0 bridgehead atoms. The topological polar surface area (TPSA) is 54.1 Å². The van der Waals surface area contributed by atoms with E-state index >= 15 is 0 Å². The lowest BCUT2D eigenvalue weighted by Gasteiger charge is -2.06. The molecule has 118 valence electrons. The first kappa shape index (κ1) is 15.2. The van der Waals surface area contributed by atoms with Gasteiger partial charge in [0.2, 0.25) is 5.91 Å². The highest BCUT2D eigenvalue weighted by molar-refractivity contribution is 5.83. The van der Waals surface area contributed by atoms with E-state index in [2.05, 4.69) is 22.4 Å². The first-order chi connectivity index (χ1) is 11.3. The van der Waals surface area contributed by atoms with Crippen LogP contribution in [0.2, 0.25) is 0 Å². The molecule has 3 rings (SSSR count). The summed E-state index contributed by atoms with van der Waals surface area (Å²) in [7, 11) is 1.63. The summed E-state index contributed by atoms with van der Waals surface area (Å²) in [6.07, 6.45) is 3.22. The van der Waals surface area contributed by atoms with Crippen LogP contribution in [0, 0.1) is 0 Å². The van der Waals surface area contributed by atoms with Gasteiger partial charge in [-0.15, -0.1) is 0 Å². The third-order valence-corrected chi connectivity index (χ3v) is 3.92. The number of hydrogen-bond donors (Lipinski definition) is 2. The molecule has 1 aromatic heterocycles. The second-order valence-corrected chi connectivity index (χ2v) is 5.48. The third kappa shape index (κ3) is 3.72. The molecular formula is C19H20N2O2. The molecule has 1 heterocycles. The maximum Gasteiger partial charge on any atom is 0.224 e. The fraction of sp³-hybridized carbons (Fsp3) is 0.211. The minimum Gasteiger partial charge on any atom is -0.497 e. The number of H-pyrrole nitrogens is 1. The summed E-state index contributed by atoms with van der Waals surface area (Å²) in [4.78, 5) is 15.3. The Hall–Kier alpha value is -2.75. The van der Waals surface area contributed by atoms with Crippen molar-refractivity contribution in [1.82, 2.24) is 10.3 Å². The van der Waals surface area contributed by atoms with Crippen molar-refractivity contribution < 1.29 is 9.53 Å². The van der Waals surface area contributed by atoms with Crippen molar-refractivity contribution in [2.24, 2.45) is 0 Å². The largest absolute Gasteiger partial charge is 0.497 e. The van der Waals surface area contributed by atoms with Crippen molar-refractivity contribution in [2.75, 3.05) is 13.7 Å². The Bertz CT molecular complexity index is 790. The van der Waals surface area contributed by atoms with Gasteiger partial charge in [0, 0.05) is 23.6 Å². The molecule has 0 aliphatic heterocycles. The van der Waals surface area contributed by atoms with Gasteiger partial charge < -0.3 is 15.0 Å². The van der Waals surface area contributed by atoms with E-state index in [4.69, 9.17) is 4.74 Å². The van der Waals surface area contributed by atoms with E-state index in [0.717, 1.165) is 23.3 Å². The number of para-hydroxylation sites is 1. The van der Waals surface area contributed by atoms with E-state index in [0.29, 0.717) is 13.0 Å². The Balaban J connectivity index is 1.51. The Morgan fingerprint density at radius 1 is 1.13 bits per heavy atom. The Kier molecular flexibility index (Phi) is 4.62. The van der Waals surface area contributed by atoms with Crippen LogP contribution in [0.25, 0.3) is 10.9 Å². The van der Waals surface area contributed by atoms with E-state index in [1.165, 1.54) is 10.9 Å². The predicted octanol–water partition coefficient (Wildman–Crippen LogP) is 3.08. The summed E-state index contributed by atoms with van der Waals surface area (Å²) in [5, 5.41) is 4.20. The van der Waals surface area contributed by atoms with Crippen LogP contribution in [-0.2, 0) is 17.6 Å². The second kappa shape index (κ2) is 7.01. The van der Waals surface area contributed by atoms with Crippen LogP contribution >= 0.6 is 0 Å². The number of hydrogen-bond acceptors (Lipinski definition) is 2. The lowest BCUT2D eigenvalue weighted by atomic mass is 10.1. The molecule has 4 nitrogen and oxygen atoms in total. The van der Waals surface area contributed by atoms with Crippen molar-refractivity contribution in [3.63, 3.8) is 0 Å². The smallest absolute Gasteiger partial charge is 0.224 e. The van der Waals surface area contributed by atoms with E-state index < -0.39 is 0 Å². The molecule has 1 amide bonds. The zero-order valence-electron chi connectivity index (χ0n) is 13.1. The molecule has 0 spiro atoms. The number of amides is 1. The average molecular weight is 308 g/mol. The van der Waals surface area contributed by atoms with Crippen molar-refractivity contribution in [3.05, 3.63) is 65.9 Å². The predicted molar refractivity (Wildman–Crippen MR) is 91.7 cm³/mol. The number of aromatic nitrogens is 1. The first-order valence-corrected chi connectivity index (χ1v) is 7.71. The maximum absolute atomic E-state index is 12.0. The zero-order chi connectivity index (χ0) is 16.1. The molecular weight excluding hydrogens is 288 g/mol. The number of fused-ring (bicyclic) bond motifs is 1. The summed E-state index contributed by atoms with van der Waals surface area (Å²) in [5.74, 6) is 0.837. The van der Waals surface area contributed by atoms with Crippen LogP contribution in [0.5, 0.6) is 5.75 Å². The molecule has 0 aliphatic rings. The highest BCUT2D eigenvalue weighted by Gasteiger charge is 2.06. The fourth-order valence-corrected chi connectivity index (χ4v) is 2.67. The summed E-state index contributed by atoms with van der Waals surface area (Å²) >= 11 is 0. The van der Waals surface area contributed by atoms with Crippen molar-refractivity contribution >= 4 is 16.8 Å². The van der Waals surface area contributed by atoms with E-state index in [1.54, 1.807) is 7.11 Å². The molecule has 0 saturated carbocycles. The standard InChI is InChI=1S/C19H20N2O2/c1-23-16-8-6-14(7-9-16)12-19(22)20-11-10-15-13-21-18-5-3-2-4-17(15)18/h2-9,13,21H,10-12H2,1H3,(H,20,22). The van der Waals surface area contributed by atoms with Crippen molar-refractivity contribution in [2.45, 2.75) is 12.8 Å². The van der Waals surface area contributed by atoms with Gasteiger partial charge in [-0.3, -0.25) is 4.79 Å². The normalized spacial score (nSPS) is 10.7. The van der Waals surface area contributed by atoms with Gasteiger partial charge in [0.15, 0.2) is 0 Å². The molecule has 0 saturated heterocycles. The highest BCUT2D eigenvalue weighted by atomic mass is 16.5. The average Bonchev–Trinajstić information content (AvgIpc) is 2.99. The van der Waals surface area contributed by atoms with Gasteiger partial charge in [0.05, 0.1) is 13.5 Å².